The Hall–Kier alpha value is -1.36. The van der Waals surface area contributed by atoms with Gasteiger partial charge >= 0.3 is 0 Å². The topological polar surface area (TPSA) is 59.0 Å². The molecule has 2 fully saturated rings. The van der Waals surface area contributed by atoms with Gasteiger partial charge in [0.2, 0.25) is 5.91 Å². The lowest BCUT2D eigenvalue weighted by Crippen LogP contribution is -2.41. The van der Waals surface area contributed by atoms with Crippen molar-refractivity contribution in [3.63, 3.8) is 0 Å². The zero-order chi connectivity index (χ0) is 16.6. The van der Waals surface area contributed by atoms with E-state index < -0.39 is 0 Å². The summed E-state index contributed by atoms with van der Waals surface area (Å²) in [5.41, 5.74) is 3.53. The molecular formula is C18H30N4O. The molecule has 1 aromatic heterocycles. The van der Waals surface area contributed by atoms with Gasteiger partial charge in [-0.2, -0.15) is 5.10 Å². The molecule has 3 heterocycles. The Morgan fingerprint density at radius 2 is 2.00 bits per heavy atom. The summed E-state index contributed by atoms with van der Waals surface area (Å²) in [7, 11) is 1.97. The molecule has 2 bridgehead atoms. The predicted octanol–water partition coefficient (Wildman–Crippen LogP) is 2.00. The number of piperidine rings is 1. The number of nitrogens with one attached hydrogen (secondary N) is 2. The second-order valence-corrected chi connectivity index (χ2v) is 7.63. The van der Waals surface area contributed by atoms with Crippen molar-refractivity contribution in [3.05, 3.63) is 17.0 Å². The van der Waals surface area contributed by atoms with E-state index in [2.05, 4.69) is 29.6 Å². The third-order valence-corrected chi connectivity index (χ3v) is 5.62. The normalized spacial score (nSPS) is 27.9. The van der Waals surface area contributed by atoms with Crippen molar-refractivity contribution in [2.24, 2.45) is 13.0 Å². The van der Waals surface area contributed by atoms with Crippen LogP contribution in [-0.2, 0) is 18.3 Å². The molecule has 2 aliphatic rings. The summed E-state index contributed by atoms with van der Waals surface area (Å²) in [6.07, 6.45) is 6.45. The first-order chi connectivity index (χ1) is 10.9. The average molecular weight is 318 g/mol. The molecule has 3 unspecified atom stereocenters. The molecule has 1 aromatic rings. The zero-order valence-corrected chi connectivity index (χ0v) is 14.9. The summed E-state index contributed by atoms with van der Waals surface area (Å²) in [6.45, 7) is 6.23. The molecule has 2 N–H and O–H groups in total. The van der Waals surface area contributed by atoms with Crippen LogP contribution in [0.5, 0.6) is 0 Å². The summed E-state index contributed by atoms with van der Waals surface area (Å²) in [5, 5.41) is 11.3. The van der Waals surface area contributed by atoms with Gasteiger partial charge in [-0.3, -0.25) is 9.48 Å². The van der Waals surface area contributed by atoms with E-state index in [1.807, 2.05) is 18.7 Å². The van der Waals surface area contributed by atoms with Crippen molar-refractivity contribution >= 4 is 5.91 Å². The highest BCUT2D eigenvalue weighted by Gasteiger charge is 2.34. The van der Waals surface area contributed by atoms with Gasteiger partial charge in [-0.1, -0.05) is 0 Å². The quantitative estimate of drug-likeness (QED) is 0.873. The maximum atomic E-state index is 12.4. The minimum atomic E-state index is 0.155. The predicted molar refractivity (Wildman–Crippen MR) is 91.3 cm³/mol. The van der Waals surface area contributed by atoms with Crippen molar-refractivity contribution in [1.82, 2.24) is 20.4 Å². The third kappa shape index (κ3) is 3.77. The van der Waals surface area contributed by atoms with Crippen molar-refractivity contribution < 1.29 is 4.79 Å². The SMILES string of the molecule is Cc1nn(C)c(C)c1CC(C)NC(=O)CC1CC2CCC(C1)N2. The maximum absolute atomic E-state index is 12.4. The standard InChI is InChI=1S/C18H30N4O/c1-11(7-17-12(2)21-22(4)13(17)3)19-18(23)10-14-8-15-5-6-16(9-14)20-15/h11,14-16,20H,5-10H2,1-4H3,(H,19,23). The first-order valence-electron chi connectivity index (χ1n) is 8.97. The fourth-order valence-corrected chi connectivity index (χ4v) is 4.41. The molecule has 2 aliphatic heterocycles. The summed E-state index contributed by atoms with van der Waals surface area (Å²) in [6, 6.07) is 1.47. The number of hydrogen-bond acceptors (Lipinski definition) is 3. The average Bonchev–Trinajstić information content (AvgIpc) is 2.92. The summed E-state index contributed by atoms with van der Waals surface area (Å²) in [5.74, 6) is 0.769. The third-order valence-electron chi connectivity index (χ3n) is 5.62. The van der Waals surface area contributed by atoms with Crippen molar-refractivity contribution in [1.29, 1.82) is 0 Å². The molecule has 0 spiro atoms. The van der Waals surface area contributed by atoms with Crippen LogP contribution in [-0.4, -0.2) is 33.8 Å². The molecular weight excluding hydrogens is 288 g/mol. The van der Waals surface area contributed by atoms with Crippen LogP contribution in [0.15, 0.2) is 0 Å². The molecule has 2 saturated heterocycles. The van der Waals surface area contributed by atoms with Crippen molar-refractivity contribution in [2.45, 2.75) is 77.4 Å². The number of hydrogen-bond donors (Lipinski definition) is 2. The molecule has 0 radical (unpaired) electrons. The van der Waals surface area contributed by atoms with E-state index in [4.69, 9.17) is 0 Å². The number of nitrogens with zero attached hydrogens (tertiary/aromatic N) is 2. The highest BCUT2D eigenvalue weighted by molar-refractivity contribution is 5.76. The molecule has 5 heteroatoms. The van der Waals surface area contributed by atoms with E-state index in [0.717, 1.165) is 12.1 Å². The molecule has 0 aromatic carbocycles. The number of amides is 1. The number of aromatic nitrogens is 2. The Balaban J connectivity index is 1.49. The smallest absolute Gasteiger partial charge is 0.220 e. The van der Waals surface area contributed by atoms with Gasteiger partial charge in [0.1, 0.15) is 0 Å². The van der Waals surface area contributed by atoms with E-state index >= 15 is 0 Å². The Bertz CT molecular complexity index is 568. The second-order valence-electron chi connectivity index (χ2n) is 7.63. The number of carbonyl (C=O) groups excluding carboxylic acids is 1. The lowest BCUT2D eigenvalue weighted by atomic mass is 9.89. The first-order valence-corrected chi connectivity index (χ1v) is 8.97. The minimum Gasteiger partial charge on any atom is -0.353 e. The lowest BCUT2D eigenvalue weighted by Gasteiger charge is -2.29. The van der Waals surface area contributed by atoms with Gasteiger partial charge < -0.3 is 10.6 Å². The number of fused-ring (bicyclic) bond motifs is 2. The van der Waals surface area contributed by atoms with E-state index in [0.29, 0.717) is 24.4 Å². The molecule has 3 rings (SSSR count). The van der Waals surface area contributed by atoms with Crippen molar-refractivity contribution in [2.75, 3.05) is 0 Å². The highest BCUT2D eigenvalue weighted by Crippen LogP contribution is 2.32. The Morgan fingerprint density at radius 1 is 1.35 bits per heavy atom. The zero-order valence-electron chi connectivity index (χ0n) is 14.9. The molecule has 128 valence electrons. The van der Waals surface area contributed by atoms with Gasteiger partial charge in [0.25, 0.3) is 0 Å². The largest absolute Gasteiger partial charge is 0.353 e. The van der Waals surface area contributed by atoms with Crippen LogP contribution in [0.3, 0.4) is 0 Å². The van der Waals surface area contributed by atoms with Crippen LogP contribution >= 0.6 is 0 Å². The second kappa shape index (κ2) is 6.63. The van der Waals surface area contributed by atoms with E-state index in [9.17, 15) is 4.79 Å². The maximum Gasteiger partial charge on any atom is 0.220 e. The van der Waals surface area contributed by atoms with Gasteiger partial charge in [-0.05, 0) is 64.4 Å². The van der Waals surface area contributed by atoms with Crippen LogP contribution in [0.25, 0.3) is 0 Å². The van der Waals surface area contributed by atoms with E-state index in [1.165, 1.54) is 36.9 Å². The Morgan fingerprint density at radius 3 is 2.57 bits per heavy atom. The number of rotatable bonds is 5. The Kier molecular flexibility index (Phi) is 4.76. The molecule has 5 nitrogen and oxygen atoms in total. The summed E-state index contributed by atoms with van der Waals surface area (Å²) < 4.78 is 1.92. The van der Waals surface area contributed by atoms with Crippen LogP contribution in [0, 0.1) is 19.8 Å². The molecule has 0 aliphatic carbocycles. The Labute approximate surface area is 139 Å². The summed E-state index contributed by atoms with van der Waals surface area (Å²) >= 11 is 0. The molecule has 1 amide bonds. The van der Waals surface area contributed by atoms with Gasteiger partial charge in [-0.15, -0.1) is 0 Å². The lowest BCUT2D eigenvalue weighted by molar-refractivity contribution is -0.122. The van der Waals surface area contributed by atoms with Gasteiger partial charge in [0.05, 0.1) is 5.69 Å². The molecule has 3 atom stereocenters. The fourth-order valence-electron chi connectivity index (χ4n) is 4.41. The molecule has 23 heavy (non-hydrogen) atoms. The number of carbonyl (C=O) groups is 1. The van der Waals surface area contributed by atoms with Gasteiger partial charge in [0.15, 0.2) is 0 Å². The monoisotopic (exact) mass is 318 g/mol. The van der Waals surface area contributed by atoms with Gasteiger partial charge in [0, 0.05) is 37.3 Å². The van der Waals surface area contributed by atoms with Gasteiger partial charge in [-0.25, -0.2) is 0 Å². The van der Waals surface area contributed by atoms with Crippen LogP contribution in [0.4, 0.5) is 0 Å². The van der Waals surface area contributed by atoms with Crippen LogP contribution < -0.4 is 10.6 Å². The first kappa shape index (κ1) is 16.5. The van der Waals surface area contributed by atoms with Crippen LogP contribution in [0.1, 0.15) is 56.0 Å². The van der Waals surface area contributed by atoms with E-state index in [1.54, 1.807) is 0 Å². The van der Waals surface area contributed by atoms with Crippen molar-refractivity contribution in [3.8, 4) is 0 Å². The highest BCUT2D eigenvalue weighted by atomic mass is 16.1. The summed E-state index contributed by atoms with van der Waals surface area (Å²) in [4.78, 5) is 12.4. The minimum absolute atomic E-state index is 0.155. The fraction of sp³-hybridized carbons (Fsp3) is 0.778. The van der Waals surface area contributed by atoms with E-state index in [-0.39, 0.29) is 11.9 Å². The molecule has 0 saturated carbocycles. The van der Waals surface area contributed by atoms with Crippen LogP contribution in [0.2, 0.25) is 0 Å². The number of aryl methyl sites for hydroxylation is 2.